The third kappa shape index (κ3) is 2.99. The highest BCUT2D eigenvalue weighted by Gasteiger charge is 2.08. The molecule has 0 aliphatic rings. The molecule has 0 bridgehead atoms. The molecule has 1 N–H and O–H groups in total. The van der Waals surface area contributed by atoms with Gasteiger partial charge in [-0.15, -0.1) is 0 Å². The van der Waals surface area contributed by atoms with Crippen LogP contribution >= 0.6 is 0 Å². The lowest BCUT2D eigenvalue weighted by molar-refractivity contribution is 0.402. The summed E-state index contributed by atoms with van der Waals surface area (Å²) >= 11 is 0. The Morgan fingerprint density at radius 3 is 2.56 bits per heavy atom. The second-order valence-electron chi connectivity index (χ2n) is 4.39. The Bertz CT molecular complexity index is 347. The molecule has 0 heterocycles. The number of nitrogens with one attached hydrogen (secondary N) is 1. The van der Waals surface area contributed by atoms with E-state index in [1.807, 2.05) is 0 Å². The average molecular weight is 221 g/mol. The Hall–Kier alpha value is -1.02. The van der Waals surface area contributed by atoms with Gasteiger partial charge in [0.1, 0.15) is 5.75 Å². The highest BCUT2D eigenvalue weighted by Crippen LogP contribution is 2.26. The van der Waals surface area contributed by atoms with Crippen LogP contribution in [0.25, 0.3) is 0 Å². The molecule has 0 spiro atoms. The van der Waals surface area contributed by atoms with Crippen LogP contribution in [0.2, 0.25) is 0 Å². The summed E-state index contributed by atoms with van der Waals surface area (Å²) < 4.78 is 5.48. The van der Waals surface area contributed by atoms with Gasteiger partial charge in [-0.2, -0.15) is 0 Å². The zero-order valence-electron chi connectivity index (χ0n) is 11.1. The van der Waals surface area contributed by atoms with Crippen molar-refractivity contribution in [3.8, 4) is 5.75 Å². The molecule has 2 nitrogen and oxygen atoms in total. The Balaban J connectivity index is 2.84. The van der Waals surface area contributed by atoms with Crippen LogP contribution < -0.4 is 10.1 Å². The minimum atomic E-state index is 0.548. The summed E-state index contributed by atoms with van der Waals surface area (Å²) in [6.45, 7) is 9.49. The first-order valence-electron chi connectivity index (χ1n) is 5.96. The lowest BCUT2D eigenvalue weighted by Gasteiger charge is -2.16. The molecule has 90 valence electrons. The summed E-state index contributed by atoms with van der Waals surface area (Å²) in [5.74, 6) is 1.02. The van der Waals surface area contributed by atoms with Crippen molar-refractivity contribution >= 4 is 0 Å². The molecule has 0 fully saturated rings. The van der Waals surface area contributed by atoms with Gasteiger partial charge in [-0.25, -0.2) is 0 Å². The van der Waals surface area contributed by atoms with Crippen LogP contribution in [0, 0.1) is 13.8 Å². The standard InChI is InChI=1S/C14H23NO/c1-6-11(3)15-9-13-8-7-10(2)12(4)14(13)16-5/h7-8,11,15H,6,9H2,1-5H3/t11-/m0/s1. The predicted molar refractivity (Wildman–Crippen MR) is 69.1 cm³/mol. The van der Waals surface area contributed by atoms with Gasteiger partial charge in [0.2, 0.25) is 0 Å². The molecular formula is C14H23NO. The molecule has 0 radical (unpaired) electrons. The maximum Gasteiger partial charge on any atom is 0.126 e. The molecule has 0 unspecified atom stereocenters. The fraction of sp³-hybridized carbons (Fsp3) is 0.571. The zero-order valence-corrected chi connectivity index (χ0v) is 11.1. The molecule has 1 rings (SSSR count). The minimum absolute atomic E-state index is 0.548. The van der Waals surface area contributed by atoms with Crippen LogP contribution in [0.3, 0.4) is 0 Å². The van der Waals surface area contributed by atoms with Crippen molar-refractivity contribution < 1.29 is 4.74 Å². The van der Waals surface area contributed by atoms with Crippen molar-refractivity contribution in [2.24, 2.45) is 0 Å². The maximum atomic E-state index is 5.48. The molecule has 0 aliphatic heterocycles. The van der Waals surface area contributed by atoms with Gasteiger partial charge in [0.05, 0.1) is 7.11 Å². The summed E-state index contributed by atoms with van der Waals surface area (Å²) in [6, 6.07) is 4.86. The van der Waals surface area contributed by atoms with E-state index in [2.05, 4.69) is 45.1 Å². The van der Waals surface area contributed by atoms with Gasteiger partial charge in [-0.1, -0.05) is 19.1 Å². The first kappa shape index (κ1) is 13.0. The molecule has 1 aromatic carbocycles. The normalized spacial score (nSPS) is 12.6. The van der Waals surface area contributed by atoms with Gasteiger partial charge in [0.25, 0.3) is 0 Å². The Labute approximate surface area is 99.0 Å². The fourth-order valence-corrected chi connectivity index (χ4v) is 1.70. The number of hydrogen-bond donors (Lipinski definition) is 1. The van der Waals surface area contributed by atoms with Gasteiger partial charge in [-0.05, 0) is 38.3 Å². The smallest absolute Gasteiger partial charge is 0.126 e. The summed E-state index contributed by atoms with van der Waals surface area (Å²) in [6.07, 6.45) is 1.15. The monoisotopic (exact) mass is 221 g/mol. The number of methoxy groups -OCH3 is 1. The quantitative estimate of drug-likeness (QED) is 0.824. The van der Waals surface area contributed by atoms with Crippen LogP contribution in [0.15, 0.2) is 12.1 Å². The number of hydrogen-bond acceptors (Lipinski definition) is 2. The van der Waals surface area contributed by atoms with E-state index in [0.29, 0.717) is 6.04 Å². The highest BCUT2D eigenvalue weighted by molar-refractivity contribution is 5.45. The van der Waals surface area contributed by atoms with E-state index in [9.17, 15) is 0 Å². The van der Waals surface area contributed by atoms with Crippen LogP contribution in [-0.4, -0.2) is 13.2 Å². The molecular weight excluding hydrogens is 198 g/mol. The molecule has 0 aromatic heterocycles. The molecule has 0 saturated carbocycles. The summed E-state index contributed by atoms with van der Waals surface area (Å²) in [4.78, 5) is 0. The maximum absolute atomic E-state index is 5.48. The predicted octanol–water partition coefficient (Wildman–Crippen LogP) is 3.20. The molecule has 0 saturated heterocycles. The highest BCUT2D eigenvalue weighted by atomic mass is 16.5. The number of aryl methyl sites for hydroxylation is 1. The van der Waals surface area contributed by atoms with Crippen LogP contribution in [0.5, 0.6) is 5.75 Å². The second kappa shape index (κ2) is 5.90. The van der Waals surface area contributed by atoms with Crippen molar-refractivity contribution in [2.75, 3.05) is 7.11 Å². The Kier molecular flexibility index (Phi) is 4.81. The van der Waals surface area contributed by atoms with Gasteiger partial charge in [0, 0.05) is 18.2 Å². The lowest BCUT2D eigenvalue weighted by Crippen LogP contribution is -2.24. The third-order valence-electron chi connectivity index (χ3n) is 3.22. The first-order valence-corrected chi connectivity index (χ1v) is 5.96. The summed E-state index contributed by atoms with van der Waals surface area (Å²) in [5, 5.41) is 3.49. The Morgan fingerprint density at radius 2 is 2.00 bits per heavy atom. The molecule has 1 atom stereocenters. The zero-order chi connectivity index (χ0) is 12.1. The topological polar surface area (TPSA) is 21.3 Å². The molecule has 0 aliphatic carbocycles. The van der Waals surface area contributed by atoms with Crippen LogP contribution in [0.4, 0.5) is 0 Å². The van der Waals surface area contributed by atoms with E-state index in [1.54, 1.807) is 7.11 Å². The van der Waals surface area contributed by atoms with E-state index in [4.69, 9.17) is 4.74 Å². The van der Waals surface area contributed by atoms with Gasteiger partial charge in [-0.3, -0.25) is 0 Å². The average Bonchev–Trinajstić information content (AvgIpc) is 2.30. The minimum Gasteiger partial charge on any atom is -0.496 e. The van der Waals surface area contributed by atoms with Gasteiger partial charge < -0.3 is 10.1 Å². The van der Waals surface area contributed by atoms with Gasteiger partial charge >= 0.3 is 0 Å². The fourth-order valence-electron chi connectivity index (χ4n) is 1.70. The van der Waals surface area contributed by atoms with E-state index < -0.39 is 0 Å². The molecule has 1 aromatic rings. The number of ether oxygens (including phenoxy) is 1. The molecule has 16 heavy (non-hydrogen) atoms. The largest absolute Gasteiger partial charge is 0.496 e. The van der Waals surface area contributed by atoms with Crippen molar-refractivity contribution in [1.82, 2.24) is 5.32 Å². The second-order valence-corrected chi connectivity index (χ2v) is 4.39. The van der Waals surface area contributed by atoms with Crippen LogP contribution in [-0.2, 0) is 6.54 Å². The van der Waals surface area contributed by atoms with Crippen molar-refractivity contribution in [3.05, 3.63) is 28.8 Å². The van der Waals surface area contributed by atoms with E-state index >= 15 is 0 Å². The van der Waals surface area contributed by atoms with E-state index in [-0.39, 0.29) is 0 Å². The van der Waals surface area contributed by atoms with Crippen molar-refractivity contribution in [3.63, 3.8) is 0 Å². The number of rotatable bonds is 5. The molecule has 2 heteroatoms. The van der Waals surface area contributed by atoms with Gasteiger partial charge in [0.15, 0.2) is 0 Å². The Morgan fingerprint density at radius 1 is 1.31 bits per heavy atom. The van der Waals surface area contributed by atoms with Crippen molar-refractivity contribution in [2.45, 2.75) is 46.7 Å². The van der Waals surface area contributed by atoms with E-state index in [1.165, 1.54) is 16.7 Å². The van der Waals surface area contributed by atoms with E-state index in [0.717, 1.165) is 18.7 Å². The number of benzene rings is 1. The third-order valence-corrected chi connectivity index (χ3v) is 3.22. The first-order chi connectivity index (χ1) is 7.60. The van der Waals surface area contributed by atoms with Crippen molar-refractivity contribution in [1.29, 1.82) is 0 Å². The van der Waals surface area contributed by atoms with Crippen LogP contribution in [0.1, 0.15) is 37.0 Å². The lowest BCUT2D eigenvalue weighted by atomic mass is 10.0. The molecule has 0 amide bonds. The SMILES string of the molecule is CC[C@H](C)NCc1ccc(C)c(C)c1OC. The summed E-state index contributed by atoms with van der Waals surface area (Å²) in [7, 11) is 1.74. The summed E-state index contributed by atoms with van der Waals surface area (Å²) in [5.41, 5.74) is 3.76.